The molecule has 436 valence electrons. The Morgan fingerprint density at radius 3 is 0.900 bits per heavy atom. The lowest BCUT2D eigenvalue weighted by atomic mass is 9.82. The summed E-state index contributed by atoms with van der Waals surface area (Å²) < 4.78 is 10.2. The molecule has 0 saturated carbocycles. The molecular weight excluding hydrogens is 1090 g/mol. The van der Waals surface area contributed by atoms with Crippen LogP contribution < -0.4 is 0 Å². The van der Waals surface area contributed by atoms with Crippen LogP contribution in [0.15, 0.2) is 218 Å². The van der Waals surface area contributed by atoms with Crippen molar-refractivity contribution >= 4 is 131 Å². The minimum absolute atomic E-state index is 0.0823. The third-order valence-electron chi connectivity index (χ3n) is 20.5. The van der Waals surface area contributed by atoms with Crippen LogP contribution in [0.4, 0.5) is 0 Å². The first kappa shape index (κ1) is 53.2. The average Bonchev–Trinajstić information content (AvgIpc) is 1.53. The molecule has 0 spiro atoms. The van der Waals surface area contributed by atoms with Crippen molar-refractivity contribution in [2.45, 2.75) is 105 Å². The van der Waals surface area contributed by atoms with Crippen LogP contribution in [0, 0.1) is 0 Å². The van der Waals surface area contributed by atoms with Crippen molar-refractivity contribution in [3.63, 3.8) is 0 Å². The summed E-state index contributed by atoms with van der Waals surface area (Å²) in [7, 11) is 0. The normalized spacial score (nSPS) is 13.3. The first-order valence-electron chi connectivity index (χ1n) is 32.3. The maximum atomic E-state index is 2.67. The molecule has 0 bridgehead atoms. The Balaban J connectivity index is 0.953. The molecular formula is C86H72N4. The fourth-order valence-electron chi connectivity index (χ4n) is 15.7. The molecule has 0 unspecified atom stereocenters. The summed E-state index contributed by atoms with van der Waals surface area (Å²) in [5, 5.41) is 18.0. The SMILES string of the molecule is CC(C)(C)c1cc(-c2ccc3c(c2)c2ccccc2n3-c2ccccc2)c2c(c1)c1cc(C(C)(C)C)cc3c4cc5cc6c7cc(C(C)(C)C)cc8c9cc(C(C)(C)C)cc(-c%10ccc%11c(c%10)c%10ccccc%10n%11-c%10ccccc%10)c9n(c6cc5cc4n2c31)c78. The zero-order valence-corrected chi connectivity index (χ0v) is 53.6. The maximum absolute atomic E-state index is 2.67. The molecule has 0 atom stereocenters. The van der Waals surface area contributed by atoms with Gasteiger partial charge in [0.2, 0.25) is 0 Å². The Morgan fingerprint density at radius 1 is 0.222 bits per heavy atom. The molecule has 0 aliphatic heterocycles. The molecule has 18 rings (SSSR count). The van der Waals surface area contributed by atoms with E-state index >= 15 is 0 Å². The molecule has 0 saturated heterocycles. The molecule has 0 aliphatic rings. The van der Waals surface area contributed by atoms with Gasteiger partial charge in [0.15, 0.2) is 0 Å². The zero-order valence-electron chi connectivity index (χ0n) is 53.6. The molecule has 4 nitrogen and oxygen atoms in total. The van der Waals surface area contributed by atoms with E-state index in [2.05, 4.69) is 319 Å². The highest BCUT2D eigenvalue weighted by Gasteiger charge is 2.31. The Hall–Kier alpha value is -9.90. The summed E-state index contributed by atoms with van der Waals surface area (Å²) in [5.41, 5.74) is 24.7. The molecule has 0 amide bonds. The summed E-state index contributed by atoms with van der Waals surface area (Å²) in [6, 6.07) is 84.3. The Bertz CT molecular complexity index is 5710. The van der Waals surface area contributed by atoms with E-state index in [4.69, 9.17) is 0 Å². The second kappa shape index (κ2) is 17.9. The van der Waals surface area contributed by atoms with E-state index in [-0.39, 0.29) is 21.7 Å². The molecule has 18 aromatic rings. The highest BCUT2D eigenvalue weighted by molar-refractivity contribution is 6.30. The third kappa shape index (κ3) is 7.42. The van der Waals surface area contributed by atoms with E-state index in [1.165, 1.54) is 186 Å². The number of fused-ring (bicyclic) bond motifs is 19. The van der Waals surface area contributed by atoms with Crippen molar-refractivity contribution < 1.29 is 0 Å². The van der Waals surface area contributed by atoms with Crippen LogP contribution in [0.3, 0.4) is 0 Å². The molecule has 6 aromatic heterocycles. The highest BCUT2D eigenvalue weighted by atomic mass is 15.0. The van der Waals surface area contributed by atoms with Crippen LogP contribution in [0.25, 0.3) is 164 Å². The highest BCUT2D eigenvalue weighted by Crippen LogP contribution is 2.51. The quantitative estimate of drug-likeness (QED) is 0.167. The maximum Gasteiger partial charge on any atom is 0.0620 e. The first-order chi connectivity index (χ1) is 43.2. The second-order valence-corrected chi connectivity index (χ2v) is 30.3. The fourth-order valence-corrected chi connectivity index (χ4v) is 15.7. The van der Waals surface area contributed by atoms with Crippen LogP contribution in [-0.4, -0.2) is 17.9 Å². The van der Waals surface area contributed by atoms with E-state index in [9.17, 15) is 0 Å². The van der Waals surface area contributed by atoms with Gasteiger partial charge in [0.1, 0.15) is 0 Å². The predicted octanol–water partition coefficient (Wildman–Crippen LogP) is 23.9. The van der Waals surface area contributed by atoms with Crippen molar-refractivity contribution in [1.82, 2.24) is 17.9 Å². The van der Waals surface area contributed by atoms with E-state index in [1.807, 2.05) is 0 Å². The summed E-state index contributed by atoms with van der Waals surface area (Å²) in [6.45, 7) is 28.4. The fraction of sp³-hybridized carbons (Fsp3) is 0.186. The van der Waals surface area contributed by atoms with Crippen molar-refractivity contribution in [3.8, 4) is 33.6 Å². The van der Waals surface area contributed by atoms with Gasteiger partial charge in [-0.1, -0.05) is 168 Å². The van der Waals surface area contributed by atoms with Crippen LogP contribution in [0.2, 0.25) is 0 Å². The minimum Gasteiger partial charge on any atom is -0.309 e. The monoisotopic (exact) mass is 1160 g/mol. The van der Waals surface area contributed by atoms with Gasteiger partial charge in [-0.05, 0) is 199 Å². The van der Waals surface area contributed by atoms with E-state index in [0.717, 1.165) is 0 Å². The number of aromatic nitrogens is 4. The number of hydrogen-bond acceptors (Lipinski definition) is 0. The number of benzene rings is 12. The number of para-hydroxylation sites is 4. The van der Waals surface area contributed by atoms with Crippen molar-refractivity contribution in [3.05, 3.63) is 241 Å². The van der Waals surface area contributed by atoms with Crippen molar-refractivity contribution in [2.24, 2.45) is 0 Å². The minimum atomic E-state index is -0.100. The summed E-state index contributed by atoms with van der Waals surface area (Å²) >= 11 is 0. The van der Waals surface area contributed by atoms with Gasteiger partial charge in [-0.15, -0.1) is 0 Å². The Kier molecular flexibility index (Phi) is 10.6. The molecule has 90 heavy (non-hydrogen) atoms. The topological polar surface area (TPSA) is 18.7 Å². The second-order valence-electron chi connectivity index (χ2n) is 30.3. The zero-order chi connectivity index (χ0) is 61.4. The summed E-state index contributed by atoms with van der Waals surface area (Å²) in [5.74, 6) is 0. The van der Waals surface area contributed by atoms with E-state index < -0.39 is 0 Å². The van der Waals surface area contributed by atoms with Gasteiger partial charge < -0.3 is 17.9 Å². The van der Waals surface area contributed by atoms with Gasteiger partial charge in [-0.25, -0.2) is 0 Å². The average molecular weight is 1160 g/mol. The van der Waals surface area contributed by atoms with Crippen LogP contribution >= 0.6 is 0 Å². The summed E-state index contributed by atoms with van der Waals surface area (Å²) in [6.07, 6.45) is 0. The van der Waals surface area contributed by atoms with Crippen molar-refractivity contribution in [2.75, 3.05) is 0 Å². The lowest BCUT2D eigenvalue weighted by Gasteiger charge is -2.22. The molecule has 4 heteroatoms. The van der Waals surface area contributed by atoms with Gasteiger partial charge >= 0.3 is 0 Å². The van der Waals surface area contributed by atoms with Crippen LogP contribution in [0.5, 0.6) is 0 Å². The smallest absolute Gasteiger partial charge is 0.0620 e. The molecule has 0 fully saturated rings. The first-order valence-corrected chi connectivity index (χ1v) is 32.3. The summed E-state index contributed by atoms with van der Waals surface area (Å²) in [4.78, 5) is 0. The predicted molar refractivity (Wildman–Crippen MR) is 388 cm³/mol. The Morgan fingerprint density at radius 2 is 0.522 bits per heavy atom. The third-order valence-corrected chi connectivity index (χ3v) is 20.5. The number of nitrogens with zero attached hydrogens (tertiary/aromatic N) is 4. The van der Waals surface area contributed by atoms with Gasteiger partial charge in [0.25, 0.3) is 0 Å². The molecule has 12 aromatic carbocycles. The van der Waals surface area contributed by atoms with E-state index in [1.54, 1.807) is 0 Å². The van der Waals surface area contributed by atoms with E-state index in [0.29, 0.717) is 0 Å². The standard InChI is InChI=1S/C86H72N4/c1-83(2,3)53-41-61(49-31-33-75-63(35-49)59-27-19-21-29-73(59)87(75)57-23-15-13-16-24-57)79-69(45-53)71-47-55(85(7,8)9)43-67-65-37-51-38-66-68-44-56(86(10,11)12)48-72-70-46-54(84(4,5)6)42-62(80(70)90(82(68)72)78(66)40-52(51)39-77(65)89(79)81(67)71)50-32-34-76-64(36-50)60-28-20-22-30-74(60)88(76)58-25-17-14-18-26-58/h13-48H,1-12H3. The lowest BCUT2D eigenvalue weighted by Crippen LogP contribution is -2.11. The van der Waals surface area contributed by atoms with Crippen LogP contribution in [0.1, 0.15) is 105 Å². The van der Waals surface area contributed by atoms with Crippen molar-refractivity contribution in [1.29, 1.82) is 0 Å². The Labute approximate surface area is 524 Å². The van der Waals surface area contributed by atoms with Gasteiger partial charge in [-0.2, -0.15) is 0 Å². The number of rotatable bonds is 4. The van der Waals surface area contributed by atoms with Gasteiger partial charge in [0.05, 0.1) is 55.2 Å². The molecule has 6 heterocycles. The van der Waals surface area contributed by atoms with Gasteiger partial charge in [0, 0.05) is 87.1 Å². The lowest BCUT2D eigenvalue weighted by molar-refractivity contribution is 0.591. The number of hydrogen-bond donors (Lipinski definition) is 0. The molecule has 0 radical (unpaired) electrons. The largest absolute Gasteiger partial charge is 0.309 e. The molecule has 0 N–H and O–H groups in total. The molecule has 0 aliphatic carbocycles. The van der Waals surface area contributed by atoms with Crippen LogP contribution in [-0.2, 0) is 21.7 Å². The van der Waals surface area contributed by atoms with Gasteiger partial charge in [-0.3, -0.25) is 0 Å².